The fourth-order valence-corrected chi connectivity index (χ4v) is 4.42. The van der Waals surface area contributed by atoms with Crippen molar-refractivity contribution in [2.75, 3.05) is 25.7 Å². The molecule has 7 nitrogen and oxygen atoms in total. The summed E-state index contributed by atoms with van der Waals surface area (Å²) in [4.78, 5) is 42.5. The van der Waals surface area contributed by atoms with Crippen LogP contribution in [0.15, 0.2) is 66.7 Å². The second kappa shape index (κ2) is 11.0. The lowest BCUT2D eigenvalue weighted by Gasteiger charge is -2.28. The van der Waals surface area contributed by atoms with Crippen molar-refractivity contribution in [1.29, 1.82) is 0 Å². The van der Waals surface area contributed by atoms with E-state index in [1.165, 1.54) is 4.90 Å². The Bertz CT molecular complexity index is 1280. The second-order valence-electron chi connectivity index (χ2n) is 8.21. The minimum atomic E-state index is -0.948. The first-order valence-electron chi connectivity index (χ1n) is 11.2. The summed E-state index contributed by atoms with van der Waals surface area (Å²) in [7, 11) is 3.10. The van der Waals surface area contributed by atoms with Gasteiger partial charge in [-0.15, -0.1) is 0 Å². The fourth-order valence-electron chi connectivity index (χ4n) is 4.16. The van der Waals surface area contributed by atoms with E-state index in [1.807, 2.05) is 12.1 Å². The van der Waals surface area contributed by atoms with Gasteiger partial charge in [0.05, 0.1) is 26.3 Å². The number of hydrogen-bond acceptors (Lipinski definition) is 5. The summed E-state index contributed by atoms with van der Waals surface area (Å²) < 4.78 is 10.7. The number of ether oxygens (including phenoxy) is 2. The molecule has 0 N–H and O–H groups in total. The van der Waals surface area contributed by atoms with Crippen LogP contribution in [0.2, 0.25) is 10.0 Å². The Morgan fingerprint density at radius 2 is 1.53 bits per heavy atom. The van der Waals surface area contributed by atoms with Gasteiger partial charge in [-0.25, -0.2) is 4.90 Å². The predicted molar refractivity (Wildman–Crippen MR) is 138 cm³/mol. The smallest absolute Gasteiger partial charge is 0.257 e. The summed E-state index contributed by atoms with van der Waals surface area (Å²) in [5, 5.41) is 0.980. The van der Waals surface area contributed by atoms with E-state index in [4.69, 9.17) is 32.7 Å². The maximum atomic E-state index is 13.6. The van der Waals surface area contributed by atoms with Crippen molar-refractivity contribution >= 4 is 46.6 Å². The van der Waals surface area contributed by atoms with Gasteiger partial charge in [0.25, 0.3) is 11.8 Å². The van der Waals surface area contributed by atoms with E-state index < -0.39 is 11.9 Å². The molecule has 1 aliphatic heterocycles. The highest BCUT2D eigenvalue weighted by molar-refractivity contribution is 6.31. The zero-order valence-corrected chi connectivity index (χ0v) is 21.3. The van der Waals surface area contributed by atoms with Crippen molar-refractivity contribution in [3.63, 3.8) is 0 Å². The van der Waals surface area contributed by atoms with E-state index in [0.29, 0.717) is 39.2 Å². The lowest BCUT2D eigenvalue weighted by atomic mass is 10.1. The number of anilines is 1. The SMILES string of the molecule is COc1ccc(CCN(C(=O)c2ccc(Cl)cc2)[C@@H]2CC(=O)N(c3ccc(Cl)cc3)C2=O)cc1OC. The number of carbonyl (C=O) groups excluding carboxylic acids is 3. The Labute approximate surface area is 219 Å². The zero-order valence-electron chi connectivity index (χ0n) is 19.7. The molecule has 1 saturated heterocycles. The van der Waals surface area contributed by atoms with Crippen molar-refractivity contribution in [3.8, 4) is 11.5 Å². The van der Waals surface area contributed by atoms with Gasteiger partial charge < -0.3 is 14.4 Å². The maximum Gasteiger partial charge on any atom is 0.257 e. The molecule has 1 fully saturated rings. The standard InChI is InChI=1S/C27H24Cl2N2O5/c1-35-23-12-3-17(15-24(23)36-2)13-14-30(26(33)18-4-6-19(28)7-5-18)22-16-25(32)31(27(22)34)21-10-8-20(29)9-11-21/h3-12,15,22H,13-14,16H2,1-2H3/t22-/m1/s1. The monoisotopic (exact) mass is 526 g/mol. The number of nitrogens with zero attached hydrogens (tertiary/aromatic N) is 2. The molecule has 0 radical (unpaired) electrons. The summed E-state index contributed by atoms with van der Waals surface area (Å²) in [5.74, 6) is -0.0577. The Morgan fingerprint density at radius 1 is 0.917 bits per heavy atom. The van der Waals surface area contributed by atoms with Crippen LogP contribution in [-0.4, -0.2) is 49.4 Å². The van der Waals surface area contributed by atoms with E-state index in [-0.39, 0.29) is 24.8 Å². The Balaban J connectivity index is 1.63. The van der Waals surface area contributed by atoms with Crippen LogP contribution >= 0.6 is 23.2 Å². The molecule has 3 aromatic rings. The molecule has 0 spiro atoms. The number of rotatable bonds is 8. The van der Waals surface area contributed by atoms with Crippen LogP contribution in [0.5, 0.6) is 11.5 Å². The molecule has 1 heterocycles. The molecule has 1 atom stereocenters. The fraction of sp³-hybridized carbons (Fsp3) is 0.222. The van der Waals surface area contributed by atoms with Crippen molar-refractivity contribution in [2.45, 2.75) is 18.9 Å². The third-order valence-electron chi connectivity index (χ3n) is 6.03. The van der Waals surface area contributed by atoms with Crippen LogP contribution in [0.4, 0.5) is 5.69 Å². The molecule has 0 bridgehead atoms. The van der Waals surface area contributed by atoms with Gasteiger partial charge >= 0.3 is 0 Å². The number of benzene rings is 3. The van der Waals surface area contributed by atoms with Gasteiger partial charge in [-0.1, -0.05) is 29.3 Å². The average Bonchev–Trinajstić information content (AvgIpc) is 3.18. The van der Waals surface area contributed by atoms with Crippen LogP contribution in [0.1, 0.15) is 22.3 Å². The first-order valence-corrected chi connectivity index (χ1v) is 12.0. The van der Waals surface area contributed by atoms with E-state index in [0.717, 1.165) is 10.5 Å². The minimum absolute atomic E-state index is 0.118. The summed E-state index contributed by atoms with van der Waals surface area (Å²) in [6.45, 7) is 0.203. The number of carbonyl (C=O) groups is 3. The van der Waals surface area contributed by atoms with E-state index in [9.17, 15) is 14.4 Å². The van der Waals surface area contributed by atoms with Crippen LogP contribution in [0.3, 0.4) is 0 Å². The van der Waals surface area contributed by atoms with Gasteiger partial charge in [-0.2, -0.15) is 0 Å². The van der Waals surface area contributed by atoms with Gasteiger partial charge in [0.15, 0.2) is 11.5 Å². The minimum Gasteiger partial charge on any atom is -0.493 e. The molecule has 3 aromatic carbocycles. The largest absolute Gasteiger partial charge is 0.493 e. The molecule has 9 heteroatoms. The number of hydrogen-bond donors (Lipinski definition) is 0. The average molecular weight is 527 g/mol. The number of imide groups is 1. The molecule has 0 unspecified atom stereocenters. The first-order chi connectivity index (χ1) is 17.3. The second-order valence-corrected chi connectivity index (χ2v) is 9.08. The zero-order chi connectivity index (χ0) is 25.8. The molecule has 3 amide bonds. The van der Waals surface area contributed by atoms with E-state index in [2.05, 4.69) is 0 Å². The molecule has 0 saturated carbocycles. The van der Waals surface area contributed by atoms with E-state index in [1.54, 1.807) is 68.8 Å². The van der Waals surface area contributed by atoms with Gasteiger partial charge in [0, 0.05) is 22.2 Å². The van der Waals surface area contributed by atoms with Crippen LogP contribution < -0.4 is 14.4 Å². The number of halogens is 2. The number of amides is 3. The Morgan fingerprint density at radius 3 is 2.14 bits per heavy atom. The lowest BCUT2D eigenvalue weighted by molar-refractivity contribution is -0.122. The normalized spacial score (nSPS) is 15.2. The van der Waals surface area contributed by atoms with Crippen molar-refractivity contribution in [1.82, 2.24) is 4.90 Å². The van der Waals surface area contributed by atoms with Crippen LogP contribution in [-0.2, 0) is 16.0 Å². The van der Waals surface area contributed by atoms with Gasteiger partial charge in [0.2, 0.25) is 5.91 Å². The van der Waals surface area contributed by atoms with Crippen molar-refractivity contribution in [2.24, 2.45) is 0 Å². The highest BCUT2D eigenvalue weighted by atomic mass is 35.5. The third-order valence-corrected chi connectivity index (χ3v) is 6.53. The topological polar surface area (TPSA) is 76.2 Å². The Hall–Kier alpha value is -3.55. The molecular formula is C27H24Cl2N2O5. The summed E-state index contributed by atoms with van der Waals surface area (Å²) >= 11 is 12.0. The molecule has 36 heavy (non-hydrogen) atoms. The van der Waals surface area contributed by atoms with E-state index >= 15 is 0 Å². The van der Waals surface area contributed by atoms with Gasteiger partial charge in [-0.3, -0.25) is 14.4 Å². The molecule has 0 aromatic heterocycles. The molecular weight excluding hydrogens is 503 g/mol. The molecule has 0 aliphatic carbocycles. The predicted octanol–water partition coefficient (Wildman–Crippen LogP) is 5.03. The highest BCUT2D eigenvalue weighted by Crippen LogP contribution is 2.30. The van der Waals surface area contributed by atoms with Gasteiger partial charge in [-0.05, 0) is 72.6 Å². The lowest BCUT2D eigenvalue weighted by Crippen LogP contribution is -2.46. The van der Waals surface area contributed by atoms with Crippen molar-refractivity contribution in [3.05, 3.63) is 87.9 Å². The summed E-state index contributed by atoms with van der Waals surface area (Å²) in [6.07, 6.45) is 0.311. The molecule has 4 rings (SSSR count). The third kappa shape index (κ3) is 5.32. The Kier molecular flexibility index (Phi) is 7.82. The first kappa shape index (κ1) is 25.5. The van der Waals surface area contributed by atoms with Gasteiger partial charge in [0.1, 0.15) is 6.04 Å². The molecule has 1 aliphatic rings. The maximum absolute atomic E-state index is 13.6. The molecule has 186 valence electrons. The highest BCUT2D eigenvalue weighted by Gasteiger charge is 2.44. The summed E-state index contributed by atoms with van der Waals surface area (Å²) in [6, 6.07) is 17.4. The summed E-state index contributed by atoms with van der Waals surface area (Å²) in [5.41, 5.74) is 1.67. The van der Waals surface area contributed by atoms with Crippen molar-refractivity contribution < 1.29 is 23.9 Å². The van der Waals surface area contributed by atoms with Crippen LogP contribution in [0.25, 0.3) is 0 Å². The number of methoxy groups -OCH3 is 2. The van der Waals surface area contributed by atoms with Crippen LogP contribution in [0, 0.1) is 0 Å². The quantitative estimate of drug-likeness (QED) is 0.385.